The van der Waals surface area contributed by atoms with Gasteiger partial charge in [-0.15, -0.1) is 0 Å². The zero-order valence-electron chi connectivity index (χ0n) is 12.0. The smallest absolute Gasteiger partial charge is 0.168 e. The molecule has 3 rings (SSSR count). The minimum Gasteiger partial charge on any atom is -0.497 e. The Hall–Kier alpha value is -1.81. The number of hydrogen-bond acceptors (Lipinski definition) is 3. The molecule has 2 heterocycles. The second-order valence-electron chi connectivity index (χ2n) is 5.43. The maximum Gasteiger partial charge on any atom is 0.168 e. The van der Waals surface area contributed by atoms with E-state index in [2.05, 4.69) is 5.32 Å². The molecule has 0 spiro atoms. The molecule has 0 aliphatic carbocycles. The van der Waals surface area contributed by atoms with Crippen LogP contribution in [0, 0.1) is 5.92 Å². The Morgan fingerprint density at radius 1 is 1.35 bits per heavy atom. The van der Waals surface area contributed by atoms with Crippen LogP contribution in [0.5, 0.6) is 5.75 Å². The zero-order chi connectivity index (χ0) is 14.1. The number of carbonyl (C=O) groups is 1. The first kappa shape index (κ1) is 13.2. The standard InChI is InChI=1S/C16H20N2O2/c1-18-10-14(16(19)11-5-7-17-8-6-11)13-9-12(20-2)3-4-15(13)18/h3-4,9-11,17H,5-8H2,1-2H3. The van der Waals surface area contributed by atoms with Crippen molar-refractivity contribution >= 4 is 16.7 Å². The van der Waals surface area contributed by atoms with Gasteiger partial charge < -0.3 is 14.6 Å². The molecule has 1 aromatic carbocycles. The van der Waals surface area contributed by atoms with Gasteiger partial charge in [-0.05, 0) is 44.1 Å². The van der Waals surface area contributed by atoms with Crippen molar-refractivity contribution in [1.29, 1.82) is 0 Å². The van der Waals surface area contributed by atoms with E-state index in [1.807, 2.05) is 36.0 Å². The van der Waals surface area contributed by atoms with Crippen LogP contribution in [0.15, 0.2) is 24.4 Å². The molecule has 0 unspecified atom stereocenters. The number of piperidine rings is 1. The lowest BCUT2D eigenvalue weighted by Crippen LogP contribution is -2.31. The summed E-state index contributed by atoms with van der Waals surface area (Å²) >= 11 is 0. The first-order valence-electron chi connectivity index (χ1n) is 7.08. The number of rotatable bonds is 3. The lowest BCUT2D eigenvalue weighted by Gasteiger charge is -2.21. The van der Waals surface area contributed by atoms with Gasteiger partial charge in [0.05, 0.1) is 7.11 Å². The molecule has 0 saturated carbocycles. The minimum absolute atomic E-state index is 0.146. The van der Waals surface area contributed by atoms with Crippen LogP contribution in [0.4, 0.5) is 0 Å². The number of hydrogen-bond donors (Lipinski definition) is 1. The second kappa shape index (κ2) is 5.29. The Morgan fingerprint density at radius 2 is 2.10 bits per heavy atom. The summed E-state index contributed by atoms with van der Waals surface area (Å²) < 4.78 is 7.30. The number of benzene rings is 1. The van der Waals surface area contributed by atoms with Gasteiger partial charge in [-0.1, -0.05) is 0 Å². The van der Waals surface area contributed by atoms with Crippen LogP contribution < -0.4 is 10.1 Å². The first-order valence-corrected chi connectivity index (χ1v) is 7.08. The van der Waals surface area contributed by atoms with Crippen molar-refractivity contribution in [1.82, 2.24) is 9.88 Å². The molecule has 2 aromatic rings. The lowest BCUT2D eigenvalue weighted by atomic mass is 9.89. The predicted octanol–water partition coefficient (Wildman–Crippen LogP) is 2.37. The molecule has 20 heavy (non-hydrogen) atoms. The van der Waals surface area contributed by atoms with Crippen molar-refractivity contribution < 1.29 is 9.53 Å². The van der Waals surface area contributed by atoms with Gasteiger partial charge in [-0.25, -0.2) is 0 Å². The van der Waals surface area contributed by atoms with E-state index in [4.69, 9.17) is 4.74 Å². The summed E-state index contributed by atoms with van der Waals surface area (Å²) in [5, 5.41) is 4.30. The number of methoxy groups -OCH3 is 1. The van der Waals surface area contributed by atoms with Crippen LogP contribution in [0.25, 0.3) is 10.9 Å². The van der Waals surface area contributed by atoms with E-state index in [-0.39, 0.29) is 11.7 Å². The summed E-state index contributed by atoms with van der Waals surface area (Å²) in [6.45, 7) is 1.87. The Morgan fingerprint density at radius 3 is 2.80 bits per heavy atom. The number of aryl methyl sites for hydroxylation is 1. The fraction of sp³-hybridized carbons (Fsp3) is 0.438. The molecular formula is C16H20N2O2. The average molecular weight is 272 g/mol. The van der Waals surface area contributed by atoms with Gasteiger partial charge in [0.1, 0.15) is 5.75 Å². The van der Waals surface area contributed by atoms with Crippen LogP contribution in [-0.2, 0) is 7.05 Å². The van der Waals surface area contributed by atoms with E-state index in [1.54, 1.807) is 7.11 Å². The van der Waals surface area contributed by atoms with Gasteiger partial charge in [0.25, 0.3) is 0 Å². The molecule has 0 amide bonds. The van der Waals surface area contributed by atoms with Gasteiger partial charge >= 0.3 is 0 Å². The SMILES string of the molecule is COc1ccc2c(c1)c(C(=O)C1CCNCC1)cn2C. The number of carbonyl (C=O) groups excluding carboxylic acids is 1. The van der Waals surface area contributed by atoms with E-state index >= 15 is 0 Å². The minimum atomic E-state index is 0.146. The second-order valence-corrected chi connectivity index (χ2v) is 5.43. The van der Waals surface area contributed by atoms with Crippen molar-refractivity contribution in [2.24, 2.45) is 13.0 Å². The maximum atomic E-state index is 12.7. The van der Waals surface area contributed by atoms with Crippen molar-refractivity contribution in [2.75, 3.05) is 20.2 Å². The molecule has 0 bridgehead atoms. The van der Waals surface area contributed by atoms with E-state index < -0.39 is 0 Å². The van der Waals surface area contributed by atoms with Crippen LogP contribution in [0.1, 0.15) is 23.2 Å². The number of ketones is 1. The number of Topliss-reactive ketones (excluding diaryl/α,β-unsaturated/α-hetero) is 1. The van der Waals surface area contributed by atoms with Gasteiger partial charge in [-0.3, -0.25) is 4.79 Å². The number of aromatic nitrogens is 1. The van der Waals surface area contributed by atoms with E-state index in [0.29, 0.717) is 0 Å². The molecule has 0 atom stereocenters. The fourth-order valence-electron chi connectivity index (χ4n) is 3.00. The van der Waals surface area contributed by atoms with Crippen molar-refractivity contribution in [3.05, 3.63) is 30.0 Å². The first-order chi connectivity index (χ1) is 9.70. The maximum absolute atomic E-state index is 12.7. The predicted molar refractivity (Wildman–Crippen MR) is 79.4 cm³/mol. The molecule has 1 aliphatic heterocycles. The molecule has 4 nitrogen and oxygen atoms in total. The topological polar surface area (TPSA) is 43.3 Å². The van der Waals surface area contributed by atoms with Crippen LogP contribution >= 0.6 is 0 Å². The van der Waals surface area contributed by atoms with Gasteiger partial charge in [0.15, 0.2) is 5.78 Å². The highest BCUT2D eigenvalue weighted by atomic mass is 16.5. The number of nitrogens with zero attached hydrogens (tertiary/aromatic N) is 1. The van der Waals surface area contributed by atoms with E-state index in [0.717, 1.165) is 48.1 Å². The third-order valence-corrected chi connectivity index (χ3v) is 4.17. The molecule has 0 radical (unpaired) electrons. The molecular weight excluding hydrogens is 252 g/mol. The average Bonchev–Trinajstić information content (AvgIpc) is 2.84. The van der Waals surface area contributed by atoms with E-state index in [1.165, 1.54) is 0 Å². The monoisotopic (exact) mass is 272 g/mol. The molecule has 1 aromatic heterocycles. The van der Waals surface area contributed by atoms with Crippen molar-refractivity contribution in [2.45, 2.75) is 12.8 Å². The van der Waals surface area contributed by atoms with Crippen LogP contribution in [0.3, 0.4) is 0 Å². The highest BCUT2D eigenvalue weighted by Gasteiger charge is 2.25. The van der Waals surface area contributed by atoms with Crippen LogP contribution in [0.2, 0.25) is 0 Å². The Kier molecular flexibility index (Phi) is 3.49. The van der Waals surface area contributed by atoms with Crippen LogP contribution in [-0.4, -0.2) is 30.5 Å². The fourth-order valence-corrected chi connectivity index (χ4v) is 3.00. The molecule has 4 heteroatoms. The highest BCUT2D eigenvalue weighted by Crippen LogP contribution is 2.29. The van der Waals surface area contributed by atoms with Gasteiger partial charge in [0, 0.05) is 35.6 Å². The summed E-state index contributed by atoms with van der Waals surface area (Å²) in [6, 6.07) is 5.90. The molecule has 1 N–H and O–H groups in total. The molecule has 1 fully saturated rings. The summed E-state index contributed by atoms with van der Waals surface area (Å²) in [5.74, 6) is 1.21. The van der Waals surface area contributed by atoms with Crippen molar-refractivity contribution in [3.63, 3.8) is 0 Å². The molecule has 106 valence electrons. The zero-order valence-corrected chi connectivity index (χ0v) is 12.0. The normalized spacial score (nSPS) is 16.5. The summed E-state index contributed by atoms with van der Waals surface area (Å²) in [6.07, 6.45) is 3.81. The highest BCUT2D eigenvalue weighted by molar-refractivity contribution is 6.09. The quantitative estimate of drug-likeness (QED) is 0.872. The Bertz CT molecular complexity index is 639. The summed E-state index contributed by atoms with van der Waals surface area (Å²) in [4.78, 5) is 12.7. The summed E-state index contributed by atoms with van der Waals surface area (Å²) in [5.41, 5.74) is 1.90. The number of nitrogens with one attached hydrogen (secondary N) is 1. The molecule has 1 saturated heterocycles. The number of ether oxygens (including phenoxy) is 1. The third kappa shape index (κ3) is 2.20. The lowest BCUT2D eigenvalue weighted by molar-refractivity contribution is 0.0896. The van der Waals surface area contributed by atoms with Gasteiger partial charge in [-0.2, -0.15) is 0 Å². The Balaban J connectivity index is 2.03. The summed E-state index contributed by atoms with van der Waals surface area (Å²) in [7, 11) is 3.63. The van der Waals surface area contributed by atoms with Gasteiger partial charge in [0.2, 0.25) is 0 Å². The van der Waals surface area contributed by atoms with E-state index in [9.17, 15) is 4.79 Å². The Labute approximate surface area is 118 Å². The third-order valence-electron chi connectivity index (χ3n) is 4.17. The largest absolute Gasteiger partial charge is 0.497 e. The van der Waals surface area contributed by atoms with Crippen molar-refractivity contribution in [3.8, 4) is 5.75 Å². The number of fused-ring (bicyclic) bond motifs is 1. The molecule has 1 aliphatic rings.